The van der Waals surface area contributed by atoms with Gasteiger partial charge in [-0.25, -0.2) is 0 Å². The molecule has 0 saturated carbocycles. The van der Waals surface area contributed by atoms with Crippen molar-refractivity contribution >= 4 is 11.4 Å². The molecule has 0 unspecified atom stereocenters. The van der Waals surface area contributed by atoms with Crippen LogP contribution in [0.25, 0.3) is 11.1 Å². The quantitative estimate of drug-likeness (QED) is 0.597. The second-order valence-electron chi connectivity index (χ2n) is 5.45. The Morgan fingerprint density at radius 1 is 1.13 bits per heavy atom. The first-order chi connectivity index (χ1) is 11.2. The van der Waals surface area contributed by atoms with Crippen molar-refractivity contribution in [1.29, 1.82) is 0 Å². The molecule has 0 amide bonds. The Kier molecular flexibility index (Phi) is 5.81. The lowest BCUT2D eigenvalue weighted by atomic mass is 10.0. The Bertz CT molecular complexity index is 712. The van der Waals surface area contributed by atoms with Crippen LogP contribution < -0.4 is 10.6 Å². The third-order valence-electron chi connectivity index (χ3n) is 3.79. The fourth-order valence-corrected chi connectivity index (χ4v) is 2.48. The largest absolute Gasteiger partial charge is 0.397 e. The molecule has 0 bridgehead atoms. The Morgan fingerprint density at radius 2 is 1.87 bits per heavy atom. The molecule has 0 fully saturated rings. The van der Waals surface area contributed by atoms with Crippen molar-refractivity contribution in [3.05, 3.63) is 85.0 Å². The first-order valence-corrected chi connectivity index (χ1v) is 7.76. The molecule has 0 aliphatic rings. The summed E-state index contributed by atoms with van der Waals surface area (Å²) < 4.78 is 0. The van der Waals surface area contributed by atoms with Crippen LogP contribution in [0.3, 0.4) is 0 Å². The second-order valence-corrected chi connectivity index (χ2v) is 5.45. The maximum atomic E-state index is 6.19. The zero-order chi connectivity index (χ0) is 16.7. The summed E-state index contributed by atoms with van der Waals surface area (Å²) in [6, 6.07) is 16.5. The van der Waals surface area contributed by atoms with Crippen LogP contribution in [-0.4, -0.2) is 13.6 Å². The Balaban J connectivity index is 2.28. The van der Waals surface area contributed by atoms with Crippen LogP contribution in [0.5, 0.6) is 0 Å². The molecule has 0 aliphatic carbocycles. The summed E-state index contributed by atoms with van der Waals surface area (Å²) in [6.07, 6.45) is 7.91. The van der Waals surface area contributed by atoms with Gasteiger partial charge in [-0.2, -0.15) is 0 Å². The van der Waals surface area contributed by atoms with Gasteiger partial charge in [0.2, 0.25) is 0 Å². The minimum atomic E-state index is 0.787. The zero-order valence-electron chi connectivity index (χ0n) is 13.9. The summed E-state index contributed by atoms with van der Waals surface area (Å²) in [5, 5.41) is 0. The number of nitrogens with zero attached hydrogens (tertiary/aromatic N) is 1. The summed E-state index contributed by atoms with van der Waals surface area (Å²) in [7, 11) is 2.06. The van der Waals surface area contributed by atoms with Gasteiger partial charge in [0.1, 0.15) is 0 Å². The van der Waals surface area contributed by atoms with Crippen molar-refractivity contribution in [2.45, 2.75) is 6.92 Å². The Hall–Kier alpha value is -2.74. The lowest BCUT2D eigenvalue weighted by Gasteiger charge is -2.22. The van der Waals surface area contributed by atoms with Crippen LogP contribution in [0.4, 0.5) is 11.4 Å². The molecule has 2 N–H and O–H groups in total. The molecule has 23 heavy (non-hydrogen) atoms. The van der Waals surface area contributed by atoms with E-state index in [2.05, 4.69) is 54.9 Å². The van der Waals surface area contributed by atoms with Crippen molar-refractivity contribution in [2.24, 2.45) is 0 Å². The van der Waals surface area contributed by atoms with E-state index in [1.54, 1.807) is 6.08 Å². The molecule has 2 heteroatoms. The molecule has 0 saturated heterocycles. The van der Waals surface area contributed by atoms with Gasteiger partial charge in [0.15, 0.2) is 0 Å². The number of likely N-dealkylation sites (N-methyl/N-ethyl adjacent to an activating group) is 1. The maximum Gasteiger partial charge on any atom is 0.0606 e. The zero-order valence-corrected chi connectivity index (χ0v) is 13.9. The van der Waals surface area contributed by atoms with E-state index in [0.29, 0.717) is 0 Å². The molecule has 0 spiro atoms. The normalized spacial score (nSPS) is 11.7. The number of nitrogens with two attached hydrogens (primary N) is 1. The van der Waals surface area contributed by atoms with Crippen molar-refractivity contribution in [3.63, 3.8) is 0 Å². The smallest absolute Gasteiger partial charge is 0.0606 e. The lowest BCUT2D eigenvalue weighted by Crippen LogP contribution is -2.20. The molecule has 0 radical (unpaired) electrons. The fraction of sp³-hybridized carbons (Fsp3) is 0.143. The first-order valence-electron chi connectivity index (χ1n) is 7.76. The summed E-state index contributed by atoms with van der Waals surface area (Å²) in [5.74, 6) is 0. The van der Waals surface area contributed by atoms with Crippen LogP contribution in [0.15, 0.2) is 85.0 Å². The molecule has 2 nitrogen and oxygen atoms in total. The SMILES string of the molecule is C=C/C=C\C(=C/C)CN(C)c1cc(-c2ccccc2)ccc1N. The van der Waals surface area contributed by atoms with Gasteiger partial charge in [0, 0.05) is 13.6 Å². The average molecular weight is 304 g/mol. The highest BCUT2D eigenvalue weighted by Crippen LogP contribution is 2.29. The van der Waals surface area contributed by atoms with E-state index in [4.69, 9.17) is 5.73 Å². The molecule has 118 valence electrons. The molecule has 0 aromatic heterocycles. The average Bonchev–Trinajstić information content (AvgIpc) is 2.59. The number of anilines is 2. The van der Waals surface area contributed by atoms with E-state index in [0.717, 1.165) is 17.9 Å². The number of benzene rings is 2. The highest BCUT2D eigenvalue weighted by molar-refractivity contribution is 5.77. The fourth-order valence-electron chi connectivity index (χ4n) is 2.48. The number of rotatable bonds is 6. The molecule has 2 aromatic rings. The molecule has 2 rings (SSSR count). The molecule has 2 aromatic carbocycles. The predicted molar refractivity (Wildman–Crippen MR) is 103 cm³/mol. The Labute approximate surface area is 139 Å². The van der Waals surface area contributed by atoms with Crippen LogP contribution >= 0.6 is 0 Å². The molecule has 0 heterocycles. The van der Waals surface area contributed by atoms with Crippen LogP contribution in [0.2, 0.25) is 0 Å². The van der Waals surface area contributed by atoms with Gasteiger partial charge in [0.25, 0.3) is 0 Å². The summed E-state index contributed by atoms with van der Waals surface area (Å²) in [4.78, 5) is 2.17. The molecular formula is C21H24N2. The van der Waals surface area contributed by atoms with E-state index in [1.807, 2.05) is 37.3 Å². The van der Waals surface area contributed by atoms with Gasteiger partial charge < -0.3 is 10.6 Å². The molecule has 0 aliphatic heterocycles. The molecule has 0 atom stereocenters. The van der Waals surface area contributed by atoms with Crippen molar-refractivity contribution < 1.29 is 0 Å². The van der Waals surface area contributed by atoms with E-state index in [1.165, 1.54) is 16.7 Å². The number of nitrogen functional groups attached to an aromatic ring is 1. The molecular weight excluding hydrogens is 280 g/mol. The Morgan fingerprint density at radius 3 is 2.52 bits per heavy atom. The summed E-state index contributed by atoms with van der Waals surface area (Å²) in [5.41, 5.74) is 11.6. The lowest BCUT2D eigenvalue weighted by molar-refractivity contribution is 1.00. The maximum absolute atomic E-state index is 6.19. The third-order valence-corrected chi connectivity index (χ3v) is 3.79. The van der Waals surface area contributed by atoms with Gasteiger partial charge in [-0.15, -0.1) is 0 Å². The number of allylic oxidation sites excluding steroid dienone is 3. The van der Waals surface area contributed by atoms with Gasteiger partial charge in [0.05, 0.1) is 11.4 Å². The highest BCUT2D eigenvalue weighted by Gasteiger charge is 2.08. The van der Waals surface area contributed by atoms with E-state index in [-0.39, 0.29) is 0 Å². The standard InChI is InChI=1S/C21H24N2/c1-4-6-10-17(5-2)16-23(3)21-15-19(13-14-20(21)22)18-11-8-7-9-12-18/h4-15H,1,16,22H2,2-3H3/b10-6-,17-5+. The third kappa shape index (κ3) is 4.36. The number of hydrogen-bond acceptors (Lipinski definition) is 2. The minimum Gasteiger partial charge on any atom is -0.397 e. The summed E-state index contributed by atoms with van der Waals surface area (Å²) >= 11 is 0. The van der Waals surface area contributed by atoms with E-state index in [9.17, 15) is 0 Å². The monoisotopic (exact) mass is 304 g/mol. The van der Waals surface area contributed by atoms with Gasteiger partial charge in [-0.3, -0.25) is 0 Å². The van der Waals surface area contributed by atoms with Crippen molar-refractivity contribution in [3.8, 4) is 11.1 Å². The number of hydrogen-bond donors (Lipinski definition) is 1. The van der Waals surface area contributed by atoms with E-state index >= 15 is 0 Å². The highest BCUT2D eigenvalue weighted by atomic mass is 15.1. The van der Waals surface area contributed by atoms with Crippen LogP contribution in [-0.2, 0) is 0 Å². The van der Waals surface area contributed by atoms with Gasteiger partial charge in [-0.05, 0) is 35.8 Å². The summed E-state index contributed by atoms with van der Waals surface area (Å²) in [6.45, 7) is 6.55. The van der Waals surface area contributed by atoms with Gasteiger partial charge in [-0.1, -0.05) is 67.3 Å². The van der Waals surface area contributed by atoms with Crippen molar-refractivity contribution in [2.75, 3.05) is 24.2 Å². The second kappa shape index (κ2) is 8.04. The van der Waals surface area contributed by atoms with Crippen molar-refractivity contribution in [1.82, 2.24) is 0 Å². The van der Waals surface area contributed by atoms with Gasteiger partial charge >= 0.3 is 0 Å². The topological polar surface area (TPSA) is 29.3 Å². The van der Waals surface area contributed by atoms with Crippen LogP contribution in [0.1, 0.15) is 6.92 Å². The minimum absolute atomic E-state index is 0.787. The predicted octanol–water partition coefficient (Wildman–Crippen LogP) is 5.06. The van der Waals surface area contributed by atoms with E-state index < -0.39 is 0 Å². The van der Waals surface area contributed by atoms with Crippen LogP contribution in [0, 0.1) is 0 Å². The first kappa shape index (κ1) is 16.6.